The summed E-state index contributed by atoms with van der Waals surface area (Å²) in [6.45, 7) is 10.8. The predicted octanol–water partition coefficient (Wildman–Crippen LogP) is 3.59. The van der Waals surface area contributed by atoms with E-state index in [9.17, 15) is 0 Å². The summed E-state index contributed by atoms with van der Waals surface area (Å²) in [6, 6.07) is 0. The number of rotatable bonds is 5. The van der Waals surface area contributed by atoms with E-state index in [1.165, 1.54) is 25.7 Å². The van der Waals surface area contributed by atoms with E-state index in [1.54, 1.807) is 0 Å². The third kappa shape index (κ3) is 6.66. The summed E-state index contributed by atoms with van der Waals surface area (Å²) in [5, 5.41) is 3.38. The molecule has 0 rings (SSSR count). The number of nitrogens with one attached hydrogen (secondary N) is 1. The molecule has 0 aromatic carbocycles. The molecule has 76 valence electrons. The fourth-order valence-corrected chi connectivity index (χ4v) is 1.48. The Hall–Kier alpha value is -0.0400. The molecule has 0 fully saturated rings. The molecule has 0 spiro atoms. The third-order valence-electron chi connectivity index (χ3n) is 2.21. The highest BCUT2D eigenvalue weighted by Crippen LogP contribution is 2.17. The van der Waals surface area contributed by atoms with Crippen molar-refractivity contribution in [2.24, 2.45) is 0 Å². The summed E-state index contributed by atoms with van der Waals surface area (Å²) in [4.78, 5) is 0. The molecule has 1 heteroatoms. The topological polar surface area (TPSA) is 12.0 Å². The Kier molecular flexibility index (Phi) is 10.9. The normalized spacial score (nSPS) is 10.5. The fraction of sp³-hybridized carbons (Fsp3) is 1.00. The maximum absolute atomic E-state index is 3.38. The van der Waals surface area contributed by atoms with Crippen LogP contribution in [0.2, 0.25) is 0 Å². The molecule has 0 radical (unpaired) electrons. The second-order valence-corrected chi connectivity index (χ2v) is 3.31. The Labute approximate surface area is 78.9 Å². The van der Waals surface area contributed by atoms with Crippen molar-refractivity contribution in [3.8, 4) is 0 Å². The molecule has 1 N–H and O–H groups in total. The minimum Gasteiger partial charge on any atom is -0.315 e. The van der Waals surface area contributed by atoms with Gasteiger partial charge in [0.05, 0.1) is 0 Å². The van der Waals surface area contributed by atoms with Gasteiger partial charge in [0.15, 0.2) is 0 Å². The van der Waals surface area contributed by atoms with Crippen LogP contribution in [-0.2, 0) is 0 Å². The Morgan fingerprint density at radius 2 is 1.33 bits per heavy atom. The van der Waals surface area contributed by atoms with Crippen LogP contribution < -0.4 is 5.32 Å². The lowest BCUT2D eigenvalue weighted by atomic mass is 9.91. The molecule has 12 heavy (non-hydrogen) atoms. The molecule has 0 amide bonds. The molecule has 0 atom stereocenters. The summed E-state index contributed by atoms with van der Waals surface area (Å²) in [5.41, 5.74) is 0.392. The van der Waals surface area contributed by atoms with Crippen molar-refractivity contribution in [3.05, 3.63) is 0 Å². The molecule has 0 unspecified atom stereocenters. The highest BCUT2D eigenvalue weighted by molar-refractivity contribution is 4.79. The quantitative estimate of drug-likeness (QED) is 0.670. The molecule has 0 aliphatic rings. The summed E-state index contributed by atoms with van der Waals surface area (Å²) < 4.78 is 0. The van der Waals surface area contributed by atoms with Crippen molar-refractivity contribution < 1.29 is 0 Å². The van der Waals surface area contributed by atoms with Gasteiger partial charge in [-0.3, -0.25) is 0 Å². The first-order valence-electron chi connectivity index (χ1n) is 5.37. The summed E-state index contributed by atoms with van der Waals surface area (Å²) in [6.07, 6.45) is 5.13. The van der Waals surface area contributed by atoms with Gasteiger partial charge in [0.1, 0.15) is 0 Å². The zero-order valence-corrected chi connectivity index (χ0v) is 9.83. The van der Waals surface area contributed by atoms with Crippen molar-refractivity contribution >= 4 is 0 Å². The first-order chi connectivity index (χ1) is 5.68. The second-order valence-electron chi connectivity index (χ2n) is 3.31. The van der Waals surface area contributed by atoms with Crippen molar-refractivity contribution in [2.45, 2.75) is 65.8 Å². The minimum absolute atomic E-state index is 0.392. The van der Waals surface area contributed by atoms with Crippen molar-refractivity contribution in [2.75, 3.05) is 7.05 Å². The molecule has 0 heterocycles. The van der Waals surface area contributed by atoms with Crippen molar-refractivity contribution in [3.63, 3.8) is 0 Å². The van der Waals surface area contributed by atoms with Gasteiger partial charge in [-0.15, -0.1) is 0 Å². The average molecular weight is 173 g/mol. The van der Waals surface area contributed by atoms with Gasteiger partial charge >= 0.3 is 0 Å². The maximum atomic E-state index is 3.38. The molecule has 0 aliphatic heterocycles. The van der Waals surface area contributed by atoms with E-state index in [-0.39, 0.29) is 0 Å². The molecular weight excluding hydrogens is 146 g/mol. The van der Waals surface area contributed by atoms with Gasteiger partial charge < -0.3 is 5.32 Å². The lowest BCUT2D eigenvalue weighted by Crippen LogP contribution is -2.39. The van der Waals surface area contributed by atoms with Crippen molar-refractivity contribution in [1.82, 2.24) is 5.32 Å². The SMILES string of the molecule is CC.CCCC(C)(CCC)NC. The van der Waals surface area contributed by atoms with Crippen LogP contribution >= 0.6 is 0 Å². The summed E-state index contributed by atoms with van der Waals surface area (Å²) in [7, 11) is 2.06. The average Bonchev–Trinajstić information content (AvgIpc) is 2.09. The second kappa shape index (κ2) is 9.05. The van der Waals surface area contributed by atoms with Crippen LogP contribution in [0.4, 0.5) is 0 Å². The molecule has 0 aromatic heterocycles. The number of hydrogen-bond acceptors (Lipinski definition) is 1. The van der Waals surface area contributed by atoms with Crippen LogP contribution in [0.25, 0.3) is 0 Å². The first-order valence-corrected chi connectivity index (χ1v) is 5.37. The van der Waals surface area contributed by atoms with Crippen LogP contribution in [0.5, 0.6) is 0 Å². The molecular formula is C11H27N. The molecule has 1 nitrogen and oxygen atoms in total. The van der Waals surface area contributed by atoms with Crippen LogP contribution in [0, 0.1) is 0 Å². The van der Waals surface area contributed by atoms with Crippen LogP contribution in [0.15, 0.2) is 0 Å². The van der Waals surface area contributed by atoms with Crippen LogP contribution in [0.1, 0.15) is 60.3 Å². The van der Waals surface area contributed by atoms with E-state index in [0.717, 1.165) is 0 Å². The highest BCUT2D eigenvalue weighted by Gasteiger charge is 2.18. The van der Waals surface area contributed by atoms with Crippen LogP contribution in [0.3, 0.4) is 0 Å². The molecule has 0 saturated heterocycles. The van der Waals surface area contributed by atoms with E-state index in [1.807, 2.05) is 13.8 Å². The zero-order chi connectivity index (χ0) is 10.0. The van der Waals surface area contributed by atoms with E-state index in [4.69, 9.17) is 0 Å². The molecule has 0 aliphatic carbocycles. The van der Waals surface area contributed by atoms with Gasteiger partial charge in [-0.1, -0.05) is 40.5 Å². The molecule has 0 aromatic rings. The molecule has 0 bridgehead atoms. The fourth-order valence-electron chi connectivity index (χ4n) is 1.48. The Balaban J connectivity index is 0. The zero-order valence-electron chi connectivity index (χ0n) is 9.83. The Morgan fingerprint density at radius 1 is 1.00 bits per heavy atom. The highest BCUT2D eigenvalue weighted by atomic mass is 14.9. The maximum Gasteiger partial charge on any atom is 0.0150 e. The number of hydrogen-bond donors (Lipinski definition) is 1. The van der Waals surface area contributed by atoms with E-state index in [0.29, 0.717) is 5.54 Å². The van der Waals surface area contributed by atoms with Gasteiger partial charge in [0, 0.05) is 5.54 Å². The summed E-state index contributed by atoms with van der Waals surface area (Å²) >= 11 is 0. The monoisotopic (exact) mass is 173 g/mol. The van der Waals surface area contributed by atoms with Gasteiger partial charge in [-0.05, 0) is 26.8 Å². The standard InChI is InChI=1S/C9H21N.C2H6/c1-5-7-9(3,10-4)8-6-2;1-2/h10H,5-8H2,1-4H3;1-2H3. The Bertz CT molecular complexity index is 73.1. The lowest BCUT2D eigenvalue weighted by Gasteiger charge is -2.28. The lowest BCUT2D eigenvalue weighted by molar-refractivity contribution is 0.326. The third-order valence-corrected chi connectivity index (χ3v) is 2.21. The van der Waals surface area contributed by atoms with Gasteiger partial charge in [-0.25, -0.2) is 0 Å². The first kappa shape index (κ1) is 14.5. The van der Waals surface area contributed by atoms with E-state index >= 15 is 0 Å². The predicted molar refractivity (Wildman–Crippen MR) is 58.6 cm³/mol. The molecule has 0 saturated carbocycles. The smallest absolute Gasteiger partial charge is 0.0150 e. The van der Waals surface area contributed by atoms with Gasteiger partial charge in [-0.2, -0.15) is 0 Å². The minimum atomic E-state index is 0.392. The Morgan fingerprint density at radius 3 is 1.50 bits per heavy atom. The van der Waals surface area contributed by atoms with Gasteiger partial charge in [0.25, 0.3) is 0 Å². The largest absolute Gasteiger partial charge is 0.315 e. The van der Waals surface area contributed by atoms with E-state index in [2.05, 4.69) is 33.1 Å². The summed E-state index contributed by atoms with van der Waals surface area (Å²) in [5.74, 6) is 0. The van der Waals surface area contributed by atoms with Crippen molar-refractivity contribution in [1.29, 1.82) is 0 Å². The van der Waals surface area contributed by atoms with Crippen LogP contribution in [-0.4, -0.2) is 12.6 Å². The van der Waals surface area contributed by atoms with E-state index < -0.39 is 0 Å². The van der Waals surface area contributed by atoms with Gasteiger partial charge in [0.2, 0.25) is 0 Å².